The minimum absolute atomic E-state index is 0. The summed E-state index contributed by atoms with van der Waals surface area (Å²) < 4.78 is 13.0. The maximum atomic E-state index is 6.48. The molecule has 6 nitrogen and oxygen atoms in total. The van der Waals surface area contributed by atoms with Gasteiger partial charge in [-0.05, 0) is 68.4 Å². The average molecular weight is 791 g/mol. The van der Waals surface area contributed by atoms with E-state index in [1.807, 2.05) is 48.1 Å². The summed E-state index contributed by atoms with van der Waals surface area (Å²) in [6, 6.07) is 46.3. The summed E-state index contributed by atoms with van der Waals surface area (Å²) in [5.41, 5.74) is 8.54. The van der Waals surface area contributed by atoms with Crippen LogP contribution < -0.4 is 4.74 Å². The predicted molar refractivity (Wildman–Crippen MR) is 186 cm³/mol. The van der Waals surface area contributed by atoms with Crippen molar-refractivity contribution in [2.24, 2.45) is 0 Å². The van der Waals surface area contributed by atoms with E-state index in [9.17, 15) is 0 Å². The third-order valence-corrected chi connectivity index (χ3v) is 8.75. The summed E-state index contributed by atoms with van der Waals surface area (Å²) in [5, 5.41) is 9.42. The fraction of sp³-hybridized carbons (Fsp3) is 0.0500. The minimum Gasteiger partial charge on any atom is -0.457 e. The minimum atomic E-state index is 0. The average Bonchev–Trinajstić information content (AvgIpc) is 3.73. The maximum Gasteiger partial charge on any atom is 0.139 e. The van der Waals surface area contributed by atoms with Crippen LogP contribution in [0.25, 0.3) is 60.8 Å². The van der Waals surface area contributed by atoms with Gasteiger partial charge in [0, 0.05) is 72.7 Å². The molecule has 5 aromatic carbocycles. The van der Waals surface area contributed by atoms with E-state index < -0.39 is 0 Å². The molecule has 0 atom stereocenters. The summed E-state index contributed by atoms with van der Waals surface area (Å²) in [6.07, 6.45) is 1.90. The zero-order valence-corrected chi connectivity index (χ0v) is 28.0. The molecular formula is C40H29N5OPt. The van der Waals surface area contributed by atoms with Gasteiger partial charge in [0.25, 0.3) is 0 Å². The van der Waals surface area contributed by atoms with Crippen molar-refractivity contribution < 1.29 is 25.8 Å². The number of aryl methyl sites for hydroxylation is 2. The van der Waals surface area contributed by atoms with Gasteiger partial charge in [-0.25, -0.2) is 9.67 Å². The standard InChI is InChI=1S/C40H29N5O.Pt/c1-26-22-27(2)45(42-26)29-10-9-11-30(23-29)46-31-18-19-35-34-14-5-8-17-38(34)44(39(35)25-31)40-24-28(20-21-41-40)43-36-15-6-3-12-32(36)33-13-4-7-16-37(33)43;/h3-25H,1-2H3;. The van der Waals surface area contributed by atoms with Crippen LogP contribution in [0.15, 0.2) is 140 Å². The molecule has 0 radical (unpaired) electrons. The molecule has 4 heterocycles. The summed E-state index contributed by atoms with van der Waals surface area (Å²) in [6.45, 7) is 4.07. The SMILES string of the molecule is Cc1cc(C)n(-c2cccc(Oc3ccc4c5ccccc5n(-c5cc(-n6c7ccccc7c7ccccc76)ccn5)c4c3)c2)n1.[Pt]. The molecule has 9 rings (SSSR count). The fourth-order valence-corrected chi connectivity index (χ4v) is 6.84. The molecule has 0 bridgehead atoms. The van der Waals surface area contributed by atoms with Crippen LogP contribution in [0.1, 0.15) is 11.4 Å². The molecule has 0 aliphatic rings. The second-order valence-electron chi connectivity index (χ2n) is 11.7. The summed E-state index contributed by atoms with van der Waals surface area (Å²) in [7, 11) is 0. The van der Waals surface area contributed by atoms with Crippen LogP contribution in [0.5, 0.6) is 11.5 Å². The third-order valence-electron chi connectivity index (χ3n) is 8.75. The van der Waals surface area contributed by atoms with Crippen molar-refractivity contribution in [2.75, 3.05) is 0 Å². The van der Waals surface area contributed by atoms with E-state index in [0.717, 1.165) is 56.5 Å². The van der Waals surface area contributed by atoms with Gasteiger partial charge < -0.3 is 9.30 Å². The zero-order chi connectivity index (χ0) is 30.8. The molecule has 0 fully saturated rings. The maximum absolute atomic E-state index is 6.48. The van der Waals surface area contributed by atoms with Gasteiger partial charge in [-0.15, -0.1) is 0 Å². The Morgan fingerprint density at radius 3 is 1.79 bits per heavy atom. The van der Waals surface area contributed by atoms with Crippen molar-refractivity contribution in [3.05, 3.63) is 151 Å². The van der Waals surface area contributed by atoms with Crippen molar-refractivity contribution in [1.82, 2.24) is 23.9 Å². The van der Waals surface area contributed by atoms with E-state index in [-0.39, 0.29) is 21.1 Å². The monoisotopic (exact) mass is 790 g/mol. The zero-order valence-electron chi connectivity index (χ0n) is 25.7. The normalized spacial score (nSPS) is 11.4. The number of hydrogen-bond acceptors (Lipinski definition) is 3. The molecule has 0 saturated carbocycles. The van der Waals surface area contributed by atoms with E-state index in [0.29, 0.717) is 0 Å². The van der Waals surface area contributed by atoms with Gasteiger partial charge >= 0.3 is 0 Å². The Morgan fingerprint density at radius 2 is 1.13 bits per heavy atom. The van der Waals surface area contributed by atoms with Crippen molar-refractivity contribution in [2.45, 2.75) is 13.8 Å². The number of benzene rings is 5. The molecule has 9 aromatic rings. The summed E-state index contributed by atoms with van der Waals surface area (Å²) >= 11 is 0. The Hall–Kier alpha value is -5.45. The molecule has 7 heteroatoms. The topological polar surface area (TPSA) is 49.8 Å². The largest absolute Gasteiger partial charge is 0.457 e. The van der Waals surface area contributed by atoms with E-state index >= 15 is 0 Å². The Kier molecular flexibility index (Phi) is 7.04. The van der Waals surface area contributed by atoms with Crippen LogP contribution in [-0.2, 0) is 21.1 Å². The fourth-order valence-electron chi connectivity index (χ4n) is 6.84. The van der Waals surface area contributed by atoms with E-state index in [4.69, 9.17) is 9.72 Å². The second-order valence-corrected chi connectivity index (χ2v) is 11.7. The first kappa shape index (κ1) is 29.0. The van der Waals surface area contributed by atoms with Crippen LogP contribution in [0, 0.1) is 13.8 Å². The number of hydrogen-bond donors (Lipinski definition) is 0. The van der Waals surface area contributed by atoms with Crippen LogP contribution >= 0.6 is 0 Å². The van der Waals surface area contributed by atoms with Gasteiger partial charge in [-0.2, -0.15) is 5.10 Å². The molecule has 230 valence electrons. The molecule has 0 aliphatic heterocycles. The van der Waals surface area contributed by atoms with Crippen LogP contribution in [0.4, 0.5) is 0 Å². The molecule has 0 unspecified atom stereocenters. The molecule has 47 heavy (non-hydrogen) atoms. The Morgan fingerprint density at radius 1 is 0.511 bits per heavy atom. The van der Waals surface area contributed by atoms with Gasteiger partial charge in [-0.3, -0.25) is 4.57 Å². The summed E-state index contributed by atoms with van der Waals surface area (Å²) in [5.74, 6) is 2.34. The van der Waals surface area contributed by atoms with E-state index in [1.165, 1.54) is 27.2 Å². The molecule has 0 N–H and O–H groups in total. The van der Waals surface area contributed by atoms with Gasteiger partial charge in [0.05, 0.1) is 39.1 Å². The van der Waals surface area contributed by atoms with Gasteiger partial charge in [0.15, 0.2) is 0 Å². The number of ether oxygens (including phenoxy) is 1. The van der Waals surface area contributed by atoms with Crippen LogP contribution in [-0.4, -0.2) is 23.9 Å². The smallest absolute Gasteiger partial charge is 0.139 e. The van der Waals surface area contributed by atoms with E-state index in [2.05, 4.69) is 124 Å². The number of para-hydroxylation sites is 3. The number of rotatable bonds is 5. The van der Waals surface area contributed by atoms with Crippen molar-refractivity contribution in [3.63, 3.8) is 0 Å². The Bertz CT molecular complexity index is 2560. The molecule has 0 spiro atoms. The Balaban J connectivity index is 0.00000324. The van der Waals surface area contributed by atoms with Crippen LogP contribution in [0.3, 0.4) is 0 Å². The van der Waals surface area contributed by atoms with Gasteiger partial charge in [0.2, 0.25) is 0 Å². The number of fused-ring (bicyclic) bond motifs is 6. The molecule has 0 amide bonds. The third kappa shape index (κ3) is 4.76. The van der Waals surface area contributed by atoms with Crippen molar-refractivity contribution in [1.29, 1.82) is 0 Å². The van der Waals surface area contributed by atoms with Crippen molar-refractivity contribution >= 4 is 43.6 Å². The quantitative estimate of drug-likeness (QED) is 0.175. The summed E-state index contributed by atoms with van der Waals surface area (Å²) in [4.78, 5) is 4.92. The number of nitrogens with zero attached hydrogens (tertiary/aromatic N) is 5. The van der Waals surface area contributed by atoms with E-state index in [1.54, 1.807) is 0 Å². The number of pyridine rings is 1. The first-order chi connectivity index (χ1) is 22.6. The molecule has 0 aliphatic carbocycles. The van der Waals surface area contributed by atoms with Gasteiger partial charge in [-0.1, -0.05) is 60.7 Å². The van der Waals surface area contributed by atoms with Crippen molar-refractivity contribution in [3.8, 4) is 28.7 Å². The number of aromatic nitrogens is 5. The van der Waals surface area contributed by atoms with Crippen LogP contribution in [0.2, 0.25) is 0 Å². The molecular weight excluding hydrogens is 762 g/mol. The Labute approximate surface area is 285 Å². The first-order valence-electron chi connectivity index (χ1n) is 15.4. The predicted octanol–water partition coefficient (Wildman–Crippen LogP) is 9.87. The molecule has 4 aromatic heterocycles. The van der Waals surface area contributed by atoms with Gasteiger partial charge in [0.1, 0.15) is 17.3 Å². The first-order valence-corrected chi connectivity index (χ1v) is 15.4. The second kappa shape index (κ2) is 11.4. The molecule has 0 saturated heterocycles.